The summed E-state index contributed by atoms with van der Waals surface area (Å²) >= 11 is 1.45. The first-order valence-electron chi connectivity index (χ1n) is 10.5. The summed E-state index contributed by atoms with van der Waals surface area (Å²) in [7, 11) is 0. The minimum atomic E-state index is -0.264. The van der Waals surface area contributed by atoms with Crippen LogP contribution in [0.15, 0.2) is 60.9 Å². The number of pyridine rings is 1. The molecule has 0 radical (unpaired) electrons. The van der Waals surface area contributed by atoms with Crippen molar-refractivity contribution in [3.8, 4) is 10.4 Å². The molecule has 1 saturated heterocycles. The van der Waals surface area contributed by atoms with E-state index >= 15 is 0 Å². The molecular formula is C24H26FN3O2S. The summed E-state index contributed by atoms with van der Waals surface area (Å²) in [5.74, 6) is -0.238. The second-order valence-electron chi connectivity index (χ2n) is 7.56. The first kappa shape index (κ1) is 21.6. The van der Waals surface area contributed by atoms with E-state index < -0.39 is 0 Å². The van der Waals surface area contributed by atoms with Gasteiger partial charge in [0.2, 0.25) is 0 Å². The van der Waals surface area contributed by atoms with Crippen LogP contribution in [0.25, 0.3) is 10.4 Å². The Hall–Kier alpha value is -2.61. The third kappa shape index (κ3) is 5.97. The first-order chi connectivity index (χ1) is 15.2. The zero-order valence-corrected chi connectivity index (χ0v) is 18.2. The molecule has 1 aliphatic rings. The largest absolute Gasteiger partial charge is 0.379 e. The summed E-state index contributed by atoms with van der Waals surface area (Å²) in [5.41, 5.74) is 1.98. The van der Waals surface area contributed by atoms with E-state index in [1.807, 2.05) is 29.2 Å². The fourth-order valence-corrected chi connectivity index (χ4v) is 4.63. The molecule has 1 aliphatic heterocycles. The Kier molecular flexibility index (Phi) is 7.40. The average molecular weight is 440 g/mol. The van der Waals surface area contributed by atoms with Crippen molar-refractivity contribution in [2.45, 2.75) is 13.0 Å². The SMILES string of the molecule is O=C(c1ccc(-c2ccc(F)cc2)s1)N(CCCN1CCOCC1)Cc1ccncc1. The maximum Gasteiger partial charge on any atom is 0.264 e. The molecule has 162 valence electrons. The minimum absolute atomic E-state index is 0.0251. The van der Waals surface area contributed by atoms with Crippen molar-refractivity contribution in [2.24, 2.45) is 0 Å². The van der Waals surface area contributed by atoms with Crippen LogP contribution in [0.5, 0.6) is 0 Å². The lowest BCUT2D eigenvalue weighted by Gasteiger charge is -2.28. The Bertz CT molecular complexity index is 972. The predicted octanol–water partition coefficient (Wildman–Crippen LogP) is 4.31. The molecule has 4 rings (SSSR count). The van der Waals surface area contributed by atoms with Gasteiger partial charge in [0.1, 0.15) is 5.82 Å². The summed E-state index contributed by atoms with van der Waals surface area (Å²) in [4.78, 5) is 23.4. The molecule has 5 nitrogen and oxygen atoms in total. The molecule has 0 N–H and O–H groups in total. The molecule has 31 heavy (non-hydrogen) atoms. The predicted molar refractivity (Wildman–Crippen MR) is 121 cm³/mol. The van der Waals surface area contributed by atoms with E-state index in [4.69, 9.17) is 4.74 Å². The van der Waals surface area contributed by atoms with Gasteiger partial charge >= 0.3 is 0 Å². The van der Waals surface area contributed by atoms with Gasteiger partial charge in [0, 0.05) is 50.0 Å². The third-order valence-corrected chi connectivity index (χ3v) is 6.48. The summed E-state index contributed by atoms with van der Waals surface area (Å²) in [5, 5.41) is 0. The average Bonchev–Trinajstić information content (AvgIpc) is 3.30. The van der Waals surface area contributed by atoms with Crippen molar-refractivity contribution < 1.29 is 13.9 Å². The maximum absolute atomic E-state index is 13.4. The normalized spacial score (nSPS) is 14.5. The number of hydrogen-bond acceptors (Lipinski definition) is 5. The minimum Gasteiger partial charge on any atom is -0.379 e. The Balaban J connectivity index is 1.45. The van der Waals surface area contributed by atoms with Gasteiger partial charge in [-0.05, 0) is 53.9 Å². The van der Waals surface area contributed by atoms with Crippen LogP contribution in [0.4, 0.5) is 4.39 Å². The van der Waals surface area contributed by atoms with Crippen LogP contribution in [0.1, 0.15) is 21.7 Å². The number of carbonyl (C=O) groups is 1. The van der Waals surface area contributed by atoms with Crippen LogP contribution in [-0.4, -0.2) is 60.1 Å². The van der Waals surface area contributed by atoms with E-state index in [1.54, 1.807) is 24.5 Å². The molecule has 0 aliphatic carbocycles. The lowest BCUT2D eigenvalue weighted by molar-refractivity contribution is 0.0356. The molecule has 1 aromatic carbocycles. The standard InChI is InChI=1S/C24H26FN3O2S/c25-21-4-2-20(3-5-21)22-6-7-23(31-22)24(29)28(18-19-8-10-26-11-9-19)13-1-12-27-14-16-30-17-15-27/h2-11H,1,12-18H2. The van der Waals surface area contributed by atoms with E-state index in [0.29, 0.717) is 18.0 Å². The van der Waals surface area contributed by atoms with Crippen LogP contribution in [-0.2, 0) is 11.3 Å². The first-order valence-corrected chi connectivity index (χ1v) is 11.3. The third-order valence-electron chi connectivity index (χ3n) is 5.36. The molecule has 0 spiro atoms. The van der Waals surface area contributed by atoms with Crippen LogP contribution in [0.2, 0.25) is 0 Å². The van der Waals surface area contributed by atoms with Crippen molar-refractivity contribution in [3.05, 3.63) is 77.2 Å². The van der Waals surface area contributed by atoms with Gasteiger partial charge in [-0.1, -0.05) is 12.1 Å². The van der Waals surface area contributed by atoms with Crippen molar-refractivity contribution in [2.75, 3.05) is 39.4 Å². The van der Waals surface area contributed by atoms with Gasteiger partial charge in [-0.2, -0.15) is 0 Å². The van der Waals surface area contributed by atoms with Gasteiger partial charge in [0.05, 0.1) is 18.1 Å². The van der Waals surface area contributed by atoms with Crippen LogP contribution in [0, 0.1) is 5.82 Å². The molecule has 3 aromatic rings. The number of amides is 1. The van der Waals surface area contributed by atoms with Crippen molar-refractivity contribution in [3.63, 3.8) is 0 Å². The molecule has 2 aromatic heterocycles. The zero-order valence-electron chi connectivity index (χ0n) is 17.4. The number of halogens is 1. The van der Waals surface area contributed by atoms with Crippen molar-refractivity contribution >= 4 is 17.2 Å². The van der Waals surface area contributed by atoms with E-state index in [-0.39, 0.29) is 11.7 Å². The molecule has 0 unspecified atom stereocenters. The van der Waals surface area contributed by atoms with Crippen LogP contribution < -0.4 is 0 Å². The fraction of sp³-hybridized carbons (Fsp3) is 0.333. The highest BCUT2D eigenvalue weighted by molar-refractivity contribution is 7.17. The summed E-state index contributed by atoms with van der Waals surface area (Å²) < 4.78 is 18.6. The summed E-state index contributed by atoms with van der Waals surface area (Å²) in [6, 6.07) is 14.1. The molecular weight excluding hydrogens is 413 g/mol. The topological polar surface area (TPSA) is 45.7 Å². The molecule has 1 fully saturated rings. The number of ether oxygens (including phenoxy) is 1. The highest BCUT2D eigenvalue weighted by Crippen LogP contribution is 2.29. The zero-order chi connectivity index (χ0) is 21.5. The maximum atomic E-state index is 13.4. The van der Waals surface area contributed by atoms with Crippen LogP contribution in [0.3, 0.4) is 0 Å². The highest BCUT2D eigenvalue weighted by atomic mass is 32.1. The number of thiophene rings is 1. The molecule has 0 saturated carbocycles. The van der Waals surface area contributed by atoms with Crippen molar-refractivity contribution in [1.82, 2.24) is 14.8 Å². The second kappa shape index (κ2) is 10.6. The Morgan fingerprint density at radius 1 is 1.06 bits per heavy atom. The number of benzene rings is 1. The second-order valence-corrected chi connectivity index (χ2v) is 8.64. The fourth-order valence-electron chi connectivity index (χ4n) is 3.65. The lowest BCUT2D eigenvalue weighted by atomic mass is 10.2. The van der Waals surface area contributed by atoms with Gasteiger partial charge in [0.15, 0.2) is 0 Å². The Morgan fingerprint density at radius 3 is 2.55 bits per heavy atom. The number of rotatable bonds is 8. The number of hydrogen-bond donors (Lipinski definition) is 0. The van der Waals surface area contributed by atoms with Gasteiger partial charge in [-0.15, -0.1) is 11.3 Å². The quantitative estimate of drug-likeness (QED) is 0.525. The highest BCUT2D eigenvalue weighted by Gasteiger charge is 2.19. The lowest BCUT2D eigenvalue weighted by Crippen LogP contribution is -2.39. The molecule has 3 heterocycles. The molecule has 1 amide bonds. The number of aromatic nitrogens is 1. The summed E-state index contributed by atoms with van der Waals surface area (Å²) in [6.45, 7) is 5.64. The van der Waals surface area contributed by atoms with E-state index in [0.717, 1.165) is 55.3 Å². The van der Waals surface area contributed by atoms with Gasteiger partial charge in [-0.25, -0.2) is 4.39 Å². The van der Waals surface area contributed by atoms with Gasteiger partial charge in [0.25, 0.3) is 5.91 Å². The Morgan fingerprint density at radius 2 is 1.81 bits per heavy atom. The molecule has 0 atom stereocenters. The number of carbonyl (C=O) groups excluding carboxylic acids is 1. The van der Waals surface area contributed by atoms with Crippen LogP contribution >= 0.6 is 11.3 Å². The van der Waals surface area contributed by atoms with Gasteiger partial charge in [-0.3, -0.25) is 14.7 Å². The molecule has 7 heteroatoms. The van der Waals surface area contributed by atoms with E-state index in [2.05, 4.69) is 9.88 Å². The summed E-state index contributed by atoms with van der Waals surface area (Å²) in [6.07, 6.45) is 4.42. The van der Waals surface area contributed by atoms with Gasteiger partial charge < -0.3 is 9.64 Å². The smallest absolute Gasteiger partial charge is 0.264 e. The monoisotopic (exact) mass is 439 g/mol. The molecule has 0 bridgehead atoms. The van der Waals surface area contributed by atoms with E-state index in [9.17, 15) is 9.18 Å². The number of morpholine rings is 1. The van der Waals surface area contributed by atoms with E-state index in [1.165, 1.54) is 23.5 Å². The van der Waals surface area contributed by atoms with Crippen molar-refractivity contribution in [1.29, 1.82) is 0 Å². The Labute approximate surface area is 186 Å². The number of nitrogens with zero attached hydrogens (tertiary/aromatic N) is 3.